The zero-order valence-corrected chi connectivity index (χ0v) is 18.2. The van der Waals surface area contributed by atoms with Crippen LogP contribution in [0, 0.1) is 5.82 Å². The van der Waals surface area contributed by atoms with Crippen molar-refractivity contribution in [1.82, 2.24) is 34.3 Å². The number of nitrogens with zero attached hydrogens (tertiary/aromatic N) is 7. The number of aryl methyl sites for hydroxylation is 1. The molecular weight excluding hydrogens is 413 g/mol. The standard InChI is InChI=1S/C22H26FN7O2/c1-27-12-16(11-24-27)13-28-9-7-22(8-10-28)15-29(21(31)32-2)14-19-25-26-20(30(19)22)17-3-5-18(23)6-4-17/h3-6,11-12H,7-10,13-15H2,1-2H3. The first-order valence-electron chi connectivity index (χ1n) is 10.7. The summed E-state index contributed by atoms with van der Waals surface area (Å²) >= 11 is 0. The molecule has 1 aromatic carbocycles. The van der Waals surface area contributed by atoms with E-state index in [9.17, 15) is 9.18 Å². The van der Waals surface area contributed by atoms with Crippen molar-refractivity contribution in [3.63, 3.8) is 0 Å². The minimum absolute atomic E-state index is 0.289. The Hall–Kier alpha value is -3.27. The van der Waals surface area contributed by atoms with Crippen molar-refractivity contribution >= 4 is 6.09 Å². The number of carbonyl (C=O) groups excluding carboxylic acids is 1. The highest BCUT2D eigenvalue weighted by molar-refractivity contribution is 5.68. The molecule has 3 aromatic rings. The van der Waals surface area contributed by atoms with Crippen molar-refractivity contribution in [2.24, 2.45) is 7.05 Å². The van der Waals surface area contributed by atoms with Gasteiger partial charge in [0.25, 0.3) is 0 Å². The van der Waals surface area contributed by atoms with Crippen molar-refractivity contribution in [3.05, 3.63) is 53.9 Å². The molecule has 4 heterocycles. The van der Waals surface area contributed by atoms with Gasteiger partial charge in [0.2, 0.25) is 0 Å². The van der Waals surface area contributed by atoms with E-state index in [2.05, 4.69) is 24.8 Å². The van der Waals surface area contributed by atoms with Crippen molar-refractivity contribution in [1.29, 1.82) is 0 Å². The lowest BCUT2D eigenvalue weighted by Crippen LogP contribution is -2.57. The minimum Gasteiger partial charge on any atom is -0.453 e. The Kier molecular flexibility index (Phi) is 5.16. The average molecular weight is 439 g/mol. The number of ether oxygens (including phenoxy) is 1. The Morgan fingerprint density at radius 2 is 1.94 bits per heavy atom. The lowest BCUT2D eigenvalue weighted by atomic mass is 9.84. The molecule has 2 aliphatic rings. The molecule has 9 nitrogen and oxygen atoms in total. The van der Waals surface area contributed by atoms with Crippen LogP contribution in [-0.4, -0.2) is 67.2 Å². The Labute approximate surface area is 185 Å². The molecular formula is C22H26FN7O2. The minimum atomic E-state index is -0.361. The van der Waals surface area contributed by atoms with Gasteiger partial charge in [-0.1, -0.05) is 0 Å². The van der Waals surface area contributed by atoms with Crippen LogP contribution in [0.1, 0.15) is 24.2 Å². The summed E-state index contributed by atoms with van der Waals surface area (Å²) in [5.74, 6) is 1.15. The van der Waals surface area contributed by atoms with Crippen molar-refractivity contribution in [2.75, 3.05) is 26.7 Å². The van der Waals surface area contributed by atoms with E-state index in [1.54, 1.807) is 17.0 Å². The predicted molar refractivity (Wildman–Crippen MR) is 114 cm³/mol. The molecule has 0 N–H and O–H groups in total. The molecule has 32 heavy (non-hydrogen) atoms. The Balaban J connectivity index is 1.46. The lowest BCUT2D eigenvalue weighted by molar-refractivity contribution is 0.0341. The highest BCUT2D eigenvalue weighted by atomic mass is 19.1. The van der Waals surface area contributed by atoms with Crippen LogP contribution in [-0.2, 0) is 30.4 Å². The van der Waals surface area contributed by atoms with Gasteiger partial charge in [-0.2, -0.15) is 5.10 Å². The molecule has 1 spiro atoms. The van der Waals surface area contributed by atoms with Gasteiger partial charge < -0.3 is 9.30 Å². The van der Waals surface area contributed by atoms with E-state index < -0.39 is 0 Å². The van der Waals surface area contributed by atoms with Crippen LogP contribution in [0.15, 0.2) is 36.7 Å². The van der Waals surface area contributed by atoms with E-state index in [0.29, 0.717) is 18.9 Å². The number of amides is 1. The molecule has 10 heteroatoms. The van der Waals surface area contributed by atoms with E-state index in [1.165, 1.54) is 24.8 Å². The number of hydrogen-bond donors (Lipinski definition) is 0. The second-order valence-corrected chi connectivity index (χ2v) is 8.63. The second kappa shape index (κ2) is 8.01. The second-order valence-electron chi connectivity index (χ2n) is 8.63. The van der Waals surface area contributed by atoms with Crippen molar-refractivity contribution in [3.8, 4) is 11.4 Å². The van der Waals surface area contributed by atoms with Crippen LogP contribution in [0.2, 0.25) is 0 Å². The quantitative estimate of drug-likeness (QED) is 0.623. The summed E-state index contributed by atoms with van der Waals surface area (Å²) in [6.45, 7) is 3.43. The first kappa shape index (κ1) is 20.6. The number of methoxy groups -OCH3 is 1. The summed E-state index contributed by atoms with van der Waals surface area (Å²) in [5.41, 5.74) is 1.65. The maximum absolute atomic E-state index is 13.5. The highest BCUT2D eigenvalue weighted by Crippen LogP contribution is 2.39. The largest absolute Gasteiger partial charge is 0.453 e. The van der Waals surface area contributed by atoms with E-state index in [1.807, 2.05) is 24.1 Å². The molecule has 0 radical (unpaired) electrons. The molecule has 0 atom stereocenters. The van der Waals surface area contributed by atoms with E-state index in [4.69, 9.17) is 4.74 Å². The Morgan fingerprint density at radius 1 is 1.19 bits per heavy atom. The topological polar surface area (TPSA) is 81.3 Å². The fourth-order valence-corrected chi connectivity index (χ4v) is 4.93. The van der Waals surface area contributed by atoms with Crippen LogP contribution in [0.5, 0.6) is 0 Å². The number of fused-ring (bicyclic) bond motifs is 2. The fraction of sp³-hybridized carbons (Fsp3) is 0.455. The average Bonchev–Trinajstić information content (AvgIpc) is 3.42. The summed E-state index contributed by atoms with van der Waals surface area (Å²) in [6.07, 6.45) is 5.24. The van der Waals surface area contributed by atoms with E-state index in [-0.39, 0.29) is 17.4 Å². The smallest absolute Gasteiger partial charge is 0.409 e. The first-order chi connectivity index (χ1) is 15.5. The van der Waals surface area contributed by atoms with Gasteiger partial charge in [-0.05, 0) is 37.1 Å². The molecule has 1 saturated heterocycles. The molecule has 2 aromatic heterocycles. The summed E-state index contributed by atoms with van der Waals surface area (Å²) in [5, 5.41) is 13.1. The normalized spacial score (nSPS) is 18.0. The number of halogens is 1. The van der Waals surface area contributed by atoms with Crippen LogP contribution >= 0.6 is 0 Å². The van der Waals surface area contributed by atoms with Gasteiger partial charge in [0.1, 0.15) is 5.82 Å². The van der Waals surface area contributed by atoms with Crippen molar-refractivity contribution in [2.45, 2.75) is 31.5 Å². The summed E-state index contributed by atoms with van der Waals surface area (Å²) < 4.78 is 22.5. The molecule has 2 aliphatic heterocycles. The van der Waals surface area contributed by atoms with Gasteiger partial charge in [0.05, 0.1) is 25.4 Å². The van der Waals surface area contributed by atoms with Gasteiger partial charge in [-0.25, -0.2) is 9.18 Å². The summed E-state index contributed by atoms with van der Waals surface area (Å²) in [7, 11) is 3.32. The van der Waals surface area contributed by atoms with Crippen molar-refractivity contribution < 1.29 is 13.9 Å². The molecule has 1 amide bonds. The van der Waals surface area contributed by atoms with Gasteiger partial charge in [-0.15, -0.1) is 10.2 Å². The van der Waals surface area contributed by atoms with E-state index >= 15 is 0 Å². The monoisotopic (exact) mass is 439 g/mol. The summed E-state index contributed by atoms with van der Waals surface area (Å²) in [6, 6.07) is 6.32. The maximum Gasteiger partial charge on any atom is 0.409 e. The summed E-state index contributed by atoms with van der Waals surface area (Å²) in [4.78, 5) is 16.5. The number of carbonyl (C=O) groups is 1. The van der Waals surface area contributed by atoms with Crippen LogP contribution < -0.4 is 0 Å². The molecule has 0 aliphatic carbocycles. The van der Waals surface area contributed by atoms with Crippen LogP contribution in [0.3, 0.4) is 0 Å². The Bertz CT molecular complexity index is 1120. The van der Waals surface area contributed by atoms with Crippen LogP contribution in [0.4, 0.5) is 9.18 Å². The third-order valence-corrected chi connectivity index (χ3v) is 6.51. The Morgan fingerprint density at radius 3 is 2.59 bits per heavy atom. The van der Waals surface area contributed by atoms with Gasteiger partial charge in [-0.3, -0.25) is 14.5 Å². The lowest BCUT2D eigenvalue weighted by Gasteiger charge is -2.48. The van der Waals surface area contributed by atoms with Crippen LogP contribution in [0.25, 0.3) is 11.4 Å². The molecule has 168 valence electrons. The molecule has 0 saturated carbocycles. The number of aromatic nitrogens is 5. The number of hydrogen-bond acceptors (Lipinski definition) is 6. The first-order valence-corrected chi connectivity index (χ1v) is 10.7. The predicted octanol–water partition coefficient (Wildman–Crippen LogP) is 2.39. The SMILES string of the molecule is COC(=O)N1Cc2nnc(-c3ccc(F)cc3)n2C2(CCN(Cc3cnn(C)c3)CC2)C1. The molecule has 0 bridgehead atoms. The van der Waals surface area contributed by atoms with Gasteiger partial charge in [0, 0.05) is 50.6 Å². The molecule has 0 unspecified atom stereocenters. The maximum atomic E-state index is 13.5. The van der Waals surface area contributed by atoms with Gasteiger partial charge >= 0.3 is 6.09 Å². The third-order valence-electron chi connectivity index (χ3n) is 6.51. The third kappa shape index (κ3) is 3.64. The fourth-order valence-electron chi connectivity index (χ4n) is 4.93. The molecule has 1 fully saturated rings. The van der Waals surface area contributed by atoms with Gasteiger partial charge in [0.15, 0.2) is 11.6 Å². The number of benzene rings is 1. The molecule has 5 rings (SSSR count). The highest BCUT2D eigenvalue weighted by Gasteiger charge is 2.45. The van der Waals surface area contributed by atoms with E-state index in [0.717, 1.165) is 43.9 Å². The number of likely N-dealkylation sites (tertiary alicyclic amines) is 1. The zero-order valence-electron chi connectivity index (χ0n) is 18.2. The zero-order chi connectivity index (χ0) is 22.3. The number of rotatable bonds is 3. The number of piperidine rings is 1.